The molecule has 3 nitrogen and oxygen atoms in total. The molecule has 0 radical (unpaired) electrons. The summed E-state index contributed by atoms with van der Waals surface area (Å²) in [5.41, 5.74) is 1.03. The van der Waals surface area contributed by atoms with E-state index in [9.17, 15) is 4.79 Å². The maximum Gasteiger partial charge on any atom is 0.158 e. The molecule has 16 heavy (non-hydrogen) atoms. The highest BCUT2D eigenvalue weighted by atomic mass is 16.5. The molecule has 0 aliphatic carbocycles. The number of carbonyl (C=O) groups excluding carboxylic acids is 1. The lowest BCUT2D eigenvalue weighted by Crippen LogP contribution is -2.04. The van der Waals surface area contributed by atoms with Crippen LogP contribution in [0.15, 0.2) is 36.9 Å². The fourth-order valence-corrected chi connectivity index (χ4v) is 1.31. The Morgan fingerprint density at radius 3 is 3.00 bits per heavy atom. The van der Waals surface area contributed by atoms with Crippen LogP contribution in [0.2, 0.25) is 0 Å². The second kappa shape index (κ2) is 6.80. The lowest BCUT2D eigenvalue weighted by atomic mass is 10.1. The van der Waals surface area contributed by atoms with Crippen LogP contribution in [0.25, 0.3) is 0 Å². The van der Waals surface area contributed by atoms with Crippen LogP contribution in [0.5, 0.6) is 5.75 Å². The molecule has 86 valence electrons. The number of carbonyl (C=O) groups is 1. The zero-order valence-corrected chi connectivity index (χ0v) is 9.19. The van der Waals surface area contributed by atoms with E-state index in [4.69, 9.17) is 9.84 Å². The van der Waals surface area contributed by atoms with Gasteiger partial charge in [-0.2, -0.15) is 0 Å². The molecule has 1 N–H and O–H groups in total. The first-order valence-corrected chi connectivity index (χ1v) is 5.21. The van der Waals surface area contributed by atoms with Gasteiger partial charge in [0.2, 0.25) is 0 Å². The zero-order chi connectivity index (χ0) is 11.8. The highest BCUT2D eigenvalue weighted by Gasteiger charge is 2.01. The summed E-state index contributed by atoms with van der Waals surface area (Å²) >= 11 is 0. The van der Waals surface area contributed by atoms with E-state index in [0.29, 0.717) is 19.4 Å². The van der Waals surface area contributed by atoms with Crippen molar-refractivity contribution in [1.82, 2.24) is 0 Å². The van der Waals surface area contributed by atoms with E-state index >= 15 is 0 Å². The number of rotatable bonds is 7. The molecule has 0 aliphatic heterocycles. The minimum atomic E-state index is -0.382. The Labute approximate surface area is 95.4 Å². The summed E-state index contributed by atoms with van der Waals surface area (Å²) in [6.07, 6.45) is 2.67. The Hall–Kier alpha value is -1.61. The fraction of sp³-hybridized carbons (Fsp3) is 0.308. The van der Waals surface area contributed by atoms with Gasteiger partial charge in [0.25, 0.3) is 0 Å². The molecule has 1 aromatic carbocycles. The van der Waals surface area contributed by atoms with Gasteiger partial charge in [0.05, 0.1) is 0 Å². The van der Waals surface area contributed by atoms with Crippen LogP contribution in [0.1, 0.15) is 12.0 Å². The zero-order valence-electron chi connectivity index (χ0n) is 9.19. The minimum Gasteiger partial charge on any atom is -0.490 e. The van der Waals surface area contributed by atoms with E-state index < -0.39 is 0 Å². The van der Waals surface area contributed by atoms with Crippen molar-refractivity contribution in [3.8, 4) is 5.75 Å². The molecule has 0 saturated heterocycles. The van der Waals surface area contributed by atoms with Crippen LogP contribution >= 0.6 is 0 Å². The van der Waals surface area contributed by atoms with Crippen molar-refractivity contribution in [2.75, 3.05) is 13.2 Å². The average Bonchev–Trinajstić information content (AvgIpc) is 2.34. The molecule has 1 rings (SSSR count). The molecule has 0 spiro atoms. The van der Waals surface area contributed by atoms with Crippen molar-refractivity contribution < 1.29 is 14.6 Å². The molecule has 0 aliphatic rings. The van der Waals surface area contributed by atoms with Crippen molar-refractivity contribution >= 4 is 5.78 Å². The van der Waals surface area contributed by atoms with E-state index in [1.54, 1.807) is 6.08 Å². The molecule has 3 heteroatoms. The third-order valence-electron chi connectivity index (χ3n) is 2.14. The lowest BCUT2D eigenvalue weighted by Gasteiger charge is -2.05. The lowest BCUT2D eigenvalue weighted by molar-refractivity contribution is -0.121. The highest BCUT2D eigenvalue weighted by molar-refractivity contribution is 5.79. The van der Waals surface area contributed by atoms with Crippen LogP contribution < -0.4 is 4.74 Å². The normalized spacial score (nSPS) is 9.81. The molecule has 0 amide bonds. The Morgan fingerprint density at radius 2 is 2.31 bits per heavy atom. The second-order valence-corrected chi connectivity index (χ2v) is 3.44. The molecule has 0 atom stereocenters. The highest BCUT2D eigenvalue weighted by Crippen LogP contribution is 2.14. The summed E-state index contributed by atoms with van der Waals surface area (Å²) in [6, 6.07) is 7.58. The number of benzene rings is 1. The Morgan fingerprint density at radius 1 is 1.50 bits per heavy atom. The van der Waals surface area contributed by atoms with Gasteiger partial charge in [0.1, 0.15) is 19.0 Å². The SMILES string of the molecule is C=CCOc1cccc(CCC(=O)CO)c1. The van der Waals surface area contributed by atoms with Crippen LogP contribution in [-0.4, -0.2) is 24.1 Å². The van der Waals surface area contributed by atoms with Crippen LogP contribution in [0.4, 0.5) is 0 Å². The summed E-state index contributed by atoms with van der Waals surface area (Å²) < 4.78 is 5.38. The molecule has 1 aromatic rings. The monoisotopic (exact) mass is 220 g/mol. The van der Waals surface area contributed by atoms with Gasteiger partial charge in [-0.05, 0) is 24.1 Å². The van der Waals surface area contributed by atoms with E-state index in [1.165, 1.54) is 0 Å². The Kier molecular flexibility index (Phi) is 5.29. The second-order valence-electron chi connectivity index (χ2n) is 3.44. The molecule has 0 aromatic heterocycles. The third-order valence-corrected chi connectivity index (χ3v) is 2.14. The summed E-state index contributed by atoms with van der Waals surface area (Å²) in [6.45, 7) is 3.66. The van der Waals surface area contributed by atoms with Crippen molar-refractivity contribution in [2.45, 2.75) is 12.8 Å². The van der Waals surface area contributed by atoms with E-state index in [0.717, 1.165) is 11.3 Å². The minimum absolute atomic E-state index is 0.141. The van der Waals surface area contributed by atoms with Crippen LogP contribution in [0.3, 0.4) is 0 Å². The number of hydrogen-bond acceptors (Lipinski definition) is 3. The van der Waals surface area contributed by atoms with Gasteiger partial charge in [0.15, 0.2) is 5.78 Å². The topological polar surface area (TPSA) is 46.5 Å². The molecular formula is C13H16O3. The van der Waals surface area contributed by atoms with E-state index in [-0.39, 0.29) is 12.4 Å². The third kappa shape index (κ3) is 4.28. The van der Waals surface area contributed by atoms with Crippen molar-refractivity contribution in [1.29, 1.82) is 0 Å². The molecule has 0 bridgehead atoms. The van der Waals surface area contributed by atoms with Gasteiger partial charge in [-0.15, -0.1) is 0 Å². The maximum absolute atomic E-state index is 10.9. The first kappa shape index (κ1) is 12.5. The Bertz CT molecular complexity index is 358. The molecule has 0 saturated carbocycles. The fourth-order valence-electron chi connectivity index (χ4n) is 1.31. The molecule has 0 fully saturated rings. The average molecular weight is 220 g/mol. The smallest absolute Gasteiger partial charge is 0.158 e. The van der Waals surface area contributed by atoms with E-state index in [2.05, 4.69) is 6.58 Å². The summed E-state index contributed by atoms with van der Waals surface area (Å²) in [7, 11) is 0. The number of ketones is 1. The number of aliphatic hydroxyl groups excluding tert-OH is 1. The van der Waals surface area contributed by atoms with Crippen molar-refractivity contribution in [2.24, 2.45) is 0 Å². The number of ether oxygens (including phenoxy) is 1. The van der Waals surface area contributed by atoms with Crippen LogP contribution in [-0.2, 0) is 11.2 Å². The molecular weight excluding hydrogens is 204 g/mol. The predicted molar refractivity (Wildman–Crippen MR) is 62.5 cm³/mol. The largest absolute Gasteiger partial charge is 0.490 e. The van der Waals surface area contributed by atoms with Gasteiger partial charge in [-0.1, -0.05) is 24.8 Å². The molecule has 0 unspecified atom stereocenters. The molecule has 0 heterocycles. The predicted octanol–water partition coefficient (Wildman–Crippen LogP) is 1.75. The number of hydrogen-bond donors (Lipinski definition) is 1. The summed E-state index contributed by atoms with van der Waals surface area (Å²) in [5.74, 6) is 0.631. The van der Waals surface area contributed by atoms with Gasteiger partial charge in [-0.25, -0.2) is 0 Å². The van der Waals surface area contributed by atoms with Gasteiger partial charge >= 0.3 is 0 Å². The summed E-state index contributed by atoms with van der Waals surface area (Å²) in [4.78, 5) is 10.9. The van der Waals surface area contributed by atoms with Crippen molar-refractivity contribution in [3.63, 3.8) is 0 Å². The quantitative estimate of drug-likeness (QED) is 0.712. The standard InChI is InChI=1S/C13H16O3/c1-2-8-16-13-5-3-4-11(9-13)6-7-12(15)10-14/h2-5,9,14H,1,6-8,10H2. The number of Topliss-reactive ketones (excluding diaryl/α,β-unsaturated/α-hetero) is 1. The Balaban J connectivity index is 2.53. The number of aliphatic hydroxyl groups is 1. The first-order chi connectivity index (χ1) is 7.76. The summed E-state index contributed by atoms with van der Waals surface area (Å²) in [5, 5.41) is 8.60. The maximum atomic E-state index is 10.9. The van der Waals surface area contributed by atoms with Gasteiger partial charge in [-0.3, -0.25) is 4.79 Å². The van der Waals surface area contributed by atoms with Crippen LogP contribution in [0, 0.1) is 0 Å². The number of aryl methyl sites for hydroxylation is 1. The van der Waals surface area contributed by atoms with E-state index in [1.807, 2.05) is 24.3 Å². The van der Waals surface area contributed by atoms with Gasteiger partial charge < -0.3 is 9.84 Å². The van der Waals surface area contributed by atoms with Crippen molar-refractivity contribution in [3.05, 3.63) is 42.5 Å². The first-order valence-electron chi connectivity index (χ1n) is 5.21. The van der Waals surface area contributed by atoms with Gasteiger partial charge in [0, 0.05) is 6.42 Å².